The molecule has 0 spiro atoms. The minimum Gasteiger partial charge on any atom is -0.364 e. The average molecular weight is 267 g/mol. The first-order chi connectivity index (χ1) is 7.18. The third-order valence-electron chi connectivity index (χ3n) is 2.18. The summed E-state index contributed by atoms with van der Waals surface area (Å²) in [6.45, 7) is 1.89. The number of hydrogen-bond acceptors (Lipinski definition) is 3. The van der Waals surface area contributed by atoms with Gasteiger partial charge in [-0.25, -0.2) is 0 Å². The molecule has 1 atom stereocenters. The van der Waals surface area contributed by atoms with Gasteiger partial charge in [-0.1, -0.05) is 33.2 Å². The second-order valence-electron chi connectivity index (χ2n) is 3.41. The first kappa shape index (κ1) is 10.4. The topological polar surface area (TPSA) is 52.0 Å². The van der Waals surface area contributed by atoms with E-state index in [9.17, 15) is 0 Å². The normalized spacial score (nSPS) is 12.7. The standard InChI is InChI=1S/C11H11BrN2O/c1-7(13)11-10(6-15-14-11)8-2-4-9(12)5-3-8/h2-7H,13H2,1H3. The van der Waals surface area contributed by atoms with Crippen LogP contribution in [-0.4, -0.2) is 5.16 Å². The molecule has 0 aliphatic carbocycles. The van der Waals surface area contributed by atoms with Crippen molar-refractivity contribution < 1.29 is 4.52 Å². The maximum Gasteiger partial charge on any atom is 0.131 e. The van der Waals surface area contributed by atoms with E-state index in [1.54, 1.807) is 6.26 Å². The summed E-state index contributed by atoms with van der Waals surface area (Å²) in [4.78, 5) is 0. The van der Waals surface area contributed by atoms with Crippen LogP contribution in [0.25, 0.3) is 11.1 Å². The summed E-state index contributed by atoms with van der Waals surface area (Å²) in [5.74, 6) is 0. The van der Waals surface area contributed by atoms with Crippen molar-refractivity contribution in [3.05, 3.63) is 40.7 Å². The van der Waals surface area contributed by atoms with Gasteiger partial charge in [-0.15, -0.1) is 0 Å². The molecular formula is C11H11BrN2O. The fourth-order valence-electron chi connectivity index (χ4n) is 1.42. The minimum atomic E-state index is -0.123. The van der Waals surface area contributed by atoms with Gasteiger partial charge in [-0.3, -0.25) is 0 Å². The van der Waals surface area contributed by atoms with Crippen molar-refractivity contribution >= 4 is 15.9 Å². The lowest BCUT2D eigenvalue weighted by Gasteiger charge is -2.03. The van der Waals surface area contributed by atoms with Gasteiger partial charge < -0.3 is 10.3 Å². The summed E-state index contributed by atoms with van der Waals surface area (Å²) in [7, 11) is 0. The van der Waals surface area contributed by atoms with Crippen LogP contribution in [0.4, 0.5) is 0 Å². The fraction of sp³-hybridized carbons (Fsp3) is 0.182. The van der Waals surface area contributed by atoms with Crippen LogP contribution in [0.2, 0.25) is 0 Å². The number of rotatable bonds is 2. The maximum absolute atomic E-state index is 5.79. The Morgan fingerprint density at radius 2 is 2.00 bits per heavy atom. The summed E-state index contributed by atoms with van der Waals surface area (Å²) >= 11 is 3.39. The van der Waals surface area contributed by atoms with Gasteiger partial charge in [0.2, 0.25) is 0 Å². The van der Waals surface area contributed by atoms with Gasteiger partial charge >= 0.3 is 0 Å². The molecule has 0 amide bonds. The second kappa shape index (κ2) is 4.16. The number of nitrogens with two attached hydrogens (primary N) is 1. The van der Waals surface area contributed by atoms with Crippen molar-refractivity contribution in [2.45, 2.75) is 13.0 Å². The van der Waals surface area contributed by atoms with Gasteiger partial charge in [-0.2, -0.15) is 0 Å². The molecule has 0 radical (unpaired) electrons. The van der Waals surface area contributed by atoms with E-state index < -0.39 is 0 Å². The Hall–Kier alpha value is -1.13. The van der Waals surface area contributed by atoms with Crippen molar-refractivity contribution in [1.29, 1.82) is 0 Å². The van der Waals surface area contributed by atoms with Gasteiger partial charge in [0.1, 0.15) is 12.0 Å². The lowest BCUT2D eigenvalue weighted by molar-refractivity contribution is 0.407. The molecule has 3 nitrogen and oxygen atoms in total. The third kappa shape index (κ3) is 2.11. The van der Waals surface area contributed by atoms with E-state index in [1.165, 1.54) is 0 Å². The summed E-state index contributed by atoms with van der Waals surface area (Å²) in [6, 6.07) is 7.84. The van der Waals surface area contributed by atoms with Gasteiger partial charge in [0.15, 0.2) is 0 Å². The first-order valence-corrected chi connectivity index (χ1v) is 5.43. The summed E-state index contributed by atoms with van der Waals surface area (Å²) in [5, 5.41) is 3.90. The van der Waals surface area contributed by atoms with Crippen LogP contribution >= 0.6 is 15.9 Å². The van der Waals surface area contributed by atoms with E-state index in [-0.39, 0.29) is 6.04 Å². The van der Waals surface area contributed by atoms with Crippen LogP contribution in [0.15, 0.2) is 39.5 Å². The van der Waals surface area contributed by atoms with E-state index >= 15 is 0 Å². The molecule has 0 saturated heterocycles. The highest BCUT2D eigenvalue weighted by molar-refractivity contribution is 9.10. The molecule has 0 bridgehead atoms. The Morgan fingerprint density at radius 3 is 2.60 bits per heavy atom. The molecule has 0 aliphatic rings. The maximum atomic E-state index is 5.79. The molecule has 1 aromatic heterocycles. The Kier molecular flexibility index (Phi) is 2.88. The molecule has 2 aromatic rings. The summed E-state index contributed by atoms with van der Waals surface area (Å²) in [5.41, 5.74) is 8.60. The Morgan fingerprint density at radius 1 is 1.33 bits per heavy atom. The van der Waals surface area contributed by atoms with E-state index in [1.807, 2.05) is 31.2 Å². The summed E-state index contributed by atoms with van der Waals surface area (Å²) < 4.78 is 6.00. The Balaban J connectivity index is 2.45. The molecular weight excluding hydrogens is 256 g/mol. The highest BCUT2D eigenvalue weighted by Gasteiger charge is 2.13. The Labute approximate surface area is 96.4 Å². The van der Waals surface area contributed by atoms with E-state index in [0.717, 1.165) is 21.3 Å². The van der Waals surface area contributed by atoms with Crippen molar-refractivity contribution in [3.8, 4) is 11.1 Å². The van der Waals surface area contributed by atoms with Gasteiger partial charge in [0.25, 0.3) is 0 Å². The molecule has 1 aromatic carbocycles. The van der Waals surface area contributed by atoms with Gasteiger partial charge in [0.05, 0.1) is 0 Å². The average Bonchev–Trinajstić information content (AvgIpc) is 2.67. The molecule has 78 valence electrons. The van der Waals surface area contributed by atoms with Crippen molar-refractivity contribution in [2.24, 2.45) is 5.73 Å². The number of benzene rings is 1. The van der Waals surface area contributed by atoms with Crippen LogP contribution in [0.3, 0.4) is 0 Å². The van der Waals surface area contributed by atoms with Crippen molar-refractivity contribution in [1.82, 2.24) is 5.16 Å². The smallest absolute Gasteiger partial charge is 0.131 e. The monoisotopic (exact) mass is 266 g/mol. The predicted molar refractivity (Wildman–Crippen MR) is 62.2 cm³/mol. The van der Waals surface area contributed by atoms with E-state index in [0.29, 0.717) is 0 Å². The lowest BCUT2D eigenvalue weighted by atomic mass is 10.0. The highest BCUT2D eigenvalue weighted by atomic mass is 79.9. The molecule has 4 heteroatoms. The zero-order valence-corrected chi connectivity index (χ0v) is 9.86. The number of nitrogens with zero attached hydrogens (tertiary/aromatic N) is 1. The van der Waals surface area contributed by atoms with Crippen molar-refractivity contribution in [2.75, 3.05) is 0 Å². The molecule has 0 aliphatic heterocycles. The third-order valence-corrected chi connectivity index (χ3v) is 2.71. The molecule has 2 N–H and O–H groups in total. The minimum absolute atomic E-state index is 0.123. The zero-order valence-electron chi connectivity index (χ0n) is 8.27. The number of halogens is 1. The number of hydrogen-bond donors (Lipinski definition) is 1. The number of aromatic nitrogens is 1. The predicted octanol–water partition coefficient (Wildman–Crippen LogP) is 3.12. The zero-order chi connectivity index (χ0) is 10.8. The van der Waals surface area contributed by atoms with Crippen LogP contribution < -0.4 is 5.73 Å². The lowest BCUT2D eigenvalue weighted by Crippen LogP contribution is -2.06. The van der Waals surface area contributed by atoms with E-state index in [2.05, 4.69) is 21.1 Å². The molecule has 0 fully saturated rings. The molecule has 1 unspecified atom stereocenters. The first-order valence-electron chi connectivity index (χ1n) is 4.64. The molecule has 0 saturated carbocycles. The van der Waals surface area contributed by atoms with Crippen LogP contribution in [0.5, 0.6) is 0 Å². The SMILES string of the molecule is CC(N)c1nocc1-c1ccc(Br)cc1. The Bertz CT molecular complexity index is 448. The molecule has 2 rings (SSSR count). The molecule has 1 heterocycles. The molecule has 15 heavy (non-hydrogen) atoms. The second-order valence-corrected chi connectivity index (χ2v) is 4.32. The van der Waals surface area contributed by atoms with Gasteiger partial charge in [0, 0.05) is 16.1 Å². The van der Waals surface area contributed by atoms with Crippen LogP contribution in [0, 0.1) is 0 Å². The van der Waals surface area contributed by atoms with Crippen molar-refractivity contribution in [3.63, 3.8) is 0 Å². The summed E-state index contributed by atoms with van der Waals surface area (Å²) in [6.07, 6.45) is 1.63. The van der Waals surface area contributed by atoms with Gasteiger partial charge in [-0.05, 0) is 24.6 Å². The van der Waals surface area contributed by atoms with E-state index in [4.69, 9.17) is 10.3 Å². The highest BCUT2D eigenvalue weighted by Crippen LogP contribution is 2.27. The van der Waals surface area contributed by atoms with Crippen LogP contribution in [0.1, 0.15) is 18.7 Å². The fourth-order valence-corrected chi connectivity index (χ4v) is 1.68. The quantitative estimate of drug-likeness (QED) is 0.909. The van der Waals surface area contributed by atoms with Crippen LogP contribution in [-0.2, 0) is 0 Å². The largest absolute Gasteiger partial charge is 0.364 e.